The van der Waals surface area contributed by atoms with Crippen LogP contribution in [0.25, 0.3) is 0 Å². The molecule has 5 nitrogen and oxygen atoms in total. The molecule has 6 heteroatoms. The first-order chi connectivity index (χ1) is 9.45. The molecule has 2 atom stereocenters. The van der Waals surface area contributed by atoms with E-state index in [1.165, 1.54) is 6.07 Å². The Morgan fingerprint density at radius 3 is 2.70 bits per heavy atom. The first kappa shape index (κ1) is 14.3. The van der Waals surface area contributed by atoms with E-state index in [4.69, 9.17) is 5.11 Å². The molecule has 0 saturated heterocycles. The van der Waals surface area contributed by atoms with Gasteiger partial charge in [0.1, 0.15) is 5.82 Å². The average Bonchev–Trinajstić information content (AvgIpc) is 2.82. The van der Waals surface area contributed by atoms with Crippen molar-refractivity contribution in [3.63, 3.8) is 0 Å². The van der Waals surface area contributed by atoms with Gasteiger partial charge >= 0.3 is 12.0 Å². The average molecular weight is 280 g/mol. The summed E-state index contributed by atoms with van der Waals surface area (Å²) in [5.74, 6) is -1.60. The van der Waals surface area contributed by atoms with Crippen LogP contribution in [0.2, 0.25) is 0 Å². The van der Waals surface area contributed by atoms with E-state index in [0.29, 0.717) is 30.5 Å². The second-order valence-electron chi connectivity index (χ2n) is 5.11. The summed E-state index contributed by atoms with van der Waals surface area (Å²) in [7, 11) is 0. The van der Waals surface area contributed by atoms with E-state index < -0.39 is 17.9 Å². The van der Waals surface area contributed by atoms with E-state index in [1.807, 2.05) is 0 Å². The molecule has 0 aliphatic heterocycles. The van der Waals surface area contributed by atoms with Crippen molar-refractivity contribution >= 4 is 17.7 Å². The number of aliphatic carboxylic acids is 1. The van der Waals surface area contributed by atoms with Crippen LogP contribution in [0.5, 0.6) is 0 Å². The number of aryl methyl sites for hydroxylation is 1. The van der Waals surface area contributed by atoms with Gasteiger partial charge in [0.2, 0.25) is 0 Å². The monoisotopic (exact) mass is 280 g/mol. The Bertz CT molecular complexity index is 533. The van der Waals surface area contributed by atoms with Gasteiger partial charge in [-0.3, -0.25) is 4.79 Å². The minimum Gasteiger partial charge on any atom is -0.481 e. The minimum atomic E-state index is -0.824. The molecule has 1 aromatic carbocycles. The topological polar surface area (TPSA) is 78.4 Å². The smallest absolute Gasteiger partial charge is 0.319 e. The number of hydrogen-bond acceptors (Lipinski definition) is 2. The number of carboxylic acids is 1. The molecular weight excluding hydrogens is 263 g/mol. The molecule has 2 rings (SSSR count). The third-order valence-electron chi connectivity index (χ3n) is 3.55. The number of nitrogens with one attached hydrogen (secondary N) is 2. The maximum atomic E-state index is 13.3. The molecule has 1 saturated carbocycles. The van der Waals surface area contributed by atoms with Crippen LogP contribution >= 0.6 is 0 Å². The number of hydrogen-bond donors (Lipinski definition) is 3. The van der Waals surface area contributed by atoms with E-state index in [-0.39, 0.29) is 11.9 Å². The summed E-state index contributed by atoms with van der Waals surface area (Å²) in [5.41, 5.74) is 0.884. The normalized spacial score (nSPS) is 21.5. The van der Waals surface area contributed by atoms with E-state index in [9.17, 15) is 14.0 Å². The van der Waals surface area contributed by atoms with Gasteiger partial charge in [-0.25, -0.2) is 9.18 Å². The van der Waals surface area contributed by atoms with Crippen molar-refractivity contribution in [2.24, 2.45) is 5.92 Å². The van der Waals surface area contributed by atoms with Gasteiger partial charge in [-0.15, -0.1) is 0 Å². The number of rotatable bonds is 3. The number of benzene rings is 1. The number of urea groups is 1. The molecule has 0 heterocycles. The van der Waals surface area contributed by atoms with Crippen molar-refractivity contribution in [2.75, 3.05) is 5.32 Å². The fourth-order valence-corrected chi connectivity index (χ4v) is 2.36. The summed E-state index contributed by atoms with van der Waals surface area (Å²) in [6.45, 7) is 1.64. The molecule has 1 aliphatic rings. The van der Waals surface area contributed by atoms with Gasteiger partial charge in [0.25, 0.3) is 0 Å². The van der Waals surface area contributed by atoms with Crippen LogP contribution in [0.15, 0.2) is 18.2 Å². The van der Waals surface area contributed by atoms with Crippen LogP contribution in [0, 0.1) is 18.7 Å². The predicted octanol–water partition coefficient (Wildman–Crippen LogP) is 2.51. The van der Waals surface area contributed by atoms with Gasteiger partial charge in [-0.1, -0.05) is 6.07 Å². The minimum absolute atomic E-state index is 0.147. The number of halogens is 1. The molecule has 2 amide bonds. The molecule has 1 fully saturated rings. The van der Waals surface area contributed by atoms with E-state index in [2.05, 4.69) is 10.6 Å². The molecule has 3 N–H and O–H groups in total. The lowest BCUT2D eigenvalue weighted by Gasteiger charge is -2.13. The van der Waals surface area contributed by atoms with Crippen molar-refractivity contribution in [2.45, 2.75) is 32.2 Å². The molecule has 0 bridgehead atoms. The lowest BCUT2D eigenvalue weighted by atomic mass is 10.1. The van der Waals surface area contributed by atoms with Crippen LogP contribution in [-0.2, 0) is 4.79 Å². The van der Waals surface area contributed by atoms with Gasteiger partial charge < -0.3 is 15.7 Å². The van der Waals surface area contributed by atoms with E-state index in [0.717, 1.165) is 0 Å². The molecule has 1 aliphatic carbocycles. The molecule has 0 radical (unpaired) electrons. The maximum absolute atomic E-state index is 13.3. The van der Waals surface area contributed by atoms with Crippen molar-refractivity contribution in [1.82, 2.24) is 5.32 Å². The first-order valence-electron chi connectivity index (χ1n) is 6.52. The summed E-state index contributed by atoms with van der Waals surface area (Å²) < 4.78 is 13.3. The second-order valence-corrected chi connectivity index (χ2v) is 5.11. The zero-order valence-electron chi connectivity index (χ0n) is 11.1. The molecule has 20 heavy (non-hydrogen) atoms. The van der Waals surface area contributed by atoms with Crippen molar-refractivity contribution in [3.05, 3.63) is 29.6 Å². The van der Waals surface area contributed by atoms with Crippen molar-refractivity contribution < 1.29 is 19.1 Å². The van der Waals surface area contributed by atoms with Gasteiger partial charge in [0, 0.05) is 11.7 Å². The van der Waals surface area contributed by atoms with Crippen LogP contribution in [0.4, 0.5) is 14.9 Å². The highest BCUT2D eigenvalue weighted by Crippen LogP contribution is 2.25. The highest BCUT2D eigenvalue weighted by atomic mass is 19.1. The number of carbonyl (C=O) groups is 2. The van der Waals surface area contributed by atoms with E-state index >= 15 is 0 Å². The zero-order valence-corrected chi connectivity index (χ0v) is 11.1. The predicted molar refractivity (Wildman–Crippen MR) is 72.1 cm³/mol. The molecular formula is C14H17FN2O3. The van der Waals surface area contributed by atoms with Gasteiger partial charge in [-0.05, 0) is 43.9 Å². The van der Waals surface area contributed by atoms with Crippen molar-refractivity contribution in [3.8, 4) is 0 Å². The maximum Gasteiger partial charge on any atom is 0.319 e. The van der Waals surface area contributed by atoms with Crippen LogP contribution in [0.1, 0.15) is 24.8 Å². The summed E-state index contributed by atoms with van der Waals surface area (Å²) in [6.07, 6.45) is 1.65. The zero-order chi connectivity index (χ0) is 14.7. The number of carbonyl (C=O) groups excluding carboxylic acids is 1. The SMILES string of the molecule is Cc1ccc(NC(=O)N[C@H]2CC[C@@H](C(=O)O)C2)cc1F. The standard InChI is InChI=1S/C14H17FN2O3/c1-8-2-4-11(7-12(8)15)17-14(20)16-10-5-3-9(6-10)13(18)19/h2,4,7,9-10H,3,5-6H2,1H3,(H,18,19)(H2,16,17,20)/t9-,10+/m1/s1. The van der Waals surface area contributed by atoms with Crippen LogP contribution < -0.4 is 10.6 Å². The summed E-state index contributed by atoms with van der Waals surface area (Å²) in [6, 6.07) is 3.87. The molecule has 1 aromatic rings. The van der Waals surface area contributed by atoms with E-state index in [1.54, 1.807) is 19.1 Å². The van der Waals surface area contributed by atoms with Gasteiger partial charge in [-0.2, -0.15) is 0 Å². The molecule has 108 valence electrons. The Morgan fingerprint density at radius 1 is 1.35 bits per heavy atom. The third kappa shape index (κ3) is 3.46. The van der Waals surface area contributed by atoms with Crippen LogP contribution in [0.3, 0.4) is 0 Å². The van der Waals surface area contributed by atoms with Gasteiger partial charge in [0.05, 0.1) is 5.92 Å². The third-order valence-corrected chi connectivity index (χ3v) is 3.55. The Morgan fingerprint density at radius 2 is 2.10 bits per heavy atom. The molecule has 0 aromatic heterocycles. The van der Waals surface area contributed by atoms with Crippen molar-refractivity contribution in [1.29, 1.82) is 0 Å². The largest absolute Gasteiger partial charge is 0.481 e. The summed E-state index contributed by atoms with van der Waals surface area (Å²) >= 11 is 0. The summed E-state index contributed by atoms with van der Waals surface area (Å²) in [4.78, 5) is 22.6. The number of carboxylic acid groups (broad SMARTS) is 1. The fourth-order valence-electron chi connectivity index (χ4n) is 2.36. The Labute approximate surface area is 116 Å². The highest BCUT2D eigenvalue weighted by molar-refractivity contribution is 5.89. The van der Waals surface area contributed by atoms with Crippen LogP contribution in [-0.4, -0.2) is 23.1 Å². The highest BCUT2D eigenvalue weighted by Gasteiger charge is 2.30. The first-order valence-corrected chi connectivity index (χ1v) is 6.52. The molecule has 0 spiro atoms. The van der Waals surface area contributed by atoms with Gasteiger partial charge in [0.15, 0.2) is 0 Å². The number of amides is 2. The fraction of sp³-hybridized carbons (Fsp3) is 0.429. The Balaban J connectivity index is 1.87. The lowest BCUT2D eigenvalue weighted by Crippen LogP contribution is -2.36. The molecule has 0 unspecified atom stereocenters. The lowest BCUT2D eigenvalue weighted by molar-refractivity contribution is -0.141. The Hall–Kier alpha value is -2.11. The number of anilines is 1. The summed E-state index contributed by atoms with van der Waals surface area (Å²) in [5, 5.41) is 14.1. The quantitative estimate of drug-likeness (QED) is 0.796. The Kier molecular flexibility index (Phi) is 4.22. The second kappa shape index (κ2) is 5.90.